The van der Waals surface area contributed by atoms with Gasteiger partial charge in [0, 0.05) is 0 Å². The summed E-state index contributed by atoms with van der Waals surface area (Å²) in [5.41, 5.74) is 2.75. The Morgan fingerprint density at radius 1 is 0.778 bits per heavy atom. The summed E-state index contributed by atoms with van der Waals surface area (Å²) >= 11 is 0. The van der Waals surface area contributed by atoms with E-state index in [0.29, 0.717) is 0 Å². The Kier molecular flexibility index (Phi) is 5.28. The molecule has 6 unspecified atom stereocenters. The first-order valence-corrected chi connectivity index (χ1v) is 8.78. The quantitative estimate of drug-likeness (QED) is 0.362. The van der Waals surface area contributed by atoms with Crippen molar-refractivity contribution in [1.29, 1.82) is 0 Å². The average molecular weight is 276 g/mol. The third-order valence-corrected chi connectivity index (χ3v) is 3.57. The van der Waals surface area contributed by atoms with Gasteiger partial charge in [0.05, 0.1) is 11.8 Å². The predicted octanol–water partition coefficient (Wildman–Crippen LogP) is 2.64. The highest BCUT2D eigenvalue weighted by Gasteiger charge is 2.52. The molecule has 0 aliphatic heterocycles. The molecule has 0 heterocycles. The van der Waals surface area contributed by atoms with Gasteiger partial charge in [0.1, 0.15) is 15.0 Å². The molecule has 1 aliphatic rings. The first-order chi connectivity index (χ1) is 8.40. The first kappa shape index (κ1) is 15.1. The molecule has 6 atom stereocenters. The van der Waals surface area contributed by atoms with Gasteiger partial charge in [-0.15, -0.1) is 17.4 Å². The van der Waals surface area contributed by atoms with Crippen molar-refractivity contribution in [1.82, 2.24) is 0 Å². The van der Waals surface area contributed by atoms with E-state index in [0.717, 1.165) is 0 Å². The van der Waals surface area contributed by atoms with Crippen LogP contribution in [0.5, 0.6) is 0 Å². The lowest BCUT2D eigenvalue weighted by molar-refractivity contribution is -0.0423. The zero-order valence-corrected chi connectivity index (χ0v) is 11.7. The lowest BCUT2D eigenvalue weighted by Crippen LogP contribution is -2.51. The molecule has 0 radical (unpaired) electrons. The molecule has 1 rings (SSSR count). The van der Waals surface area contributed by atoms with E-state index in [-0.39, 0.29) is 0 Å². The van der Waals surface area contributed by atoms with Crippen molar-refractivity contribution in [2.45, 2.75) is 44.7 Å². The molecular formula is C13H16F4Si. The summed E-state index contributed by atoms with van der Waals surface area (Å²) in [6.07, 6.45) is -8.67. The standard InChI is InChI=1S/C13H16F4Si/c1-4-5-8-10(14)9(6-7-18(2)3)12(16)13(17)11(8)15/h8-13,18H,1-3H3. The summed E-state index contributed by atoms with van der Waals surface area (Å²) in [4.78, 5) is 0. The minimum Gasteiger partial charge on any atom is -0.245 e. The Morgan fingerprint density at radius 3 is 1.72 bits per heavy atom. The van der Waals surface area contributed by atoms with Crippen LogP contribution in [-0.4, -0.2) is 33.5 Å². The van der Waals surface area contributed by atoms with Crippen LogP contribution in [0.3, 0.4) is 0 Å². The molecule has 18 heavy (non-hydrogen) atoms. The topological polar surface area (TPSA) is 0 Å². The summed E-state index contributed by atoms with van der Waals surface area (Å²) in [5.74, 6) is 4.26. The zero-order valence-electron chi connectivity index (χ0n) is 10.6. The van der Waals surface area contributed by atoms with Crippen molar-refractivity contribution in [3.05, 3.63) is 0 Å². The molecule has 1 fully saturated rings. The molecule has 0 spiro atoms. The summed E-state index contributed by atoms with van der Waals surface area (Å²) in [6.45, 7) is 5.20. The van der Waals surface area contributed by atoms with Gasteiger partial charge in [-0.2, -0.15) is 0 Å². The van der Waals surface area contributed by atoms with E-state index in [1.807, 2.05) is 13.1 Å². The smallest absolute Gasteiger partial charge is 0.165 e. The Balaban J connectivity index is 3.02. The van der Waals surface area contributed by atoms with E-state index in [2.05, 4.69) is 23.3 Å². The van der Waals surface area contributed by atoms with E-state index in [1.165, 1.54) is 6.92 Å². The van der Waals surface area contributed by atoms with Crippen molar-refractivity contribution < 1.29 is 17.6 Å². The summed E-state index contributed by atoms with van der Waals surface area (Å²) in [5, 5.41) is 0. The van der Waals surface area contributed by atoms with Gasteiger partial charge in [0.2, 0.25) is 0 Å². The van der Waals surface area contributed by atoms with Crippen LogP contribution in [0.2, 0.25) is 13.1 Å². The van der Waals surface area contributed by atoms with Crippen LogP contribution in [-0.2, 0) is 0 Å². The molecule has 0 bridgehead atoms. The third-order valence-electron chi connectivity index (χ3n) is 2.83. The highest BCUT2D eigenvalue weighted by atomic mass is 28.3. The average Bonchev–Trinajstić information content (AvgIpc) is 2.31. The molecule has 1 aliphatic carbocycles. The molecule has 0 aromatic carbocycles. The molecule has 1 saturated carbocycles. The van der Waals surface area contributed by atoms with Crippen LogP contribution in [0.1, 0.15) is 6.92 Å². The van der Waals surface area contributed by atoms with Gasteiger partial charge < -0.3 is 0 Å². The predicted molar refractivity (Wildman–Crippen MR) is 66.7 cm³/mol. The Bertz CT molecular complexity index is 401. The van der Waals surface area contributed by atoms with E-state index < -0.39 is 45.3 Å². The van der Waals surface area contributed by atoms with E-state index >= 15 is 0 Å². The van der Waals surface area contributed by atoms with E-state index in [4.69, 9.17) is 0 Å². The van der Waals surface area contributed by atoms with Gasteiger partial charge in [-0.25, -0.2) is 17.6 Å². The highest BCUT2D eigenvalue weighted by Crippen LogP contribution is 2.37. The molecule has 0 amide bonds. The minimum atomic E-state index is -2.35. The van der Waals surface area contributed by atoms with Gasteiger partial charge >= 0.3 is 0 Å². The third kappa shape index (κ3) is 3.08. The van der Waals surface area contributed by atoms with Crippen LogP contribution in [0.4, 0.5) is 17.6 Å². The van der Waals surface area contributed by atoms with Gasteiger partial charge in [-0.05, 0) is 6.92 Å². The van der Waals surface area contributed by atoms with Gasteiger partial charge in [0.25, 0.3) is 0 Å². The van der Waals surface area contributed by atoms with Crippen LogP contribution in [0.15, 0.2) is 0 Å². The number of alkyl halides is 4. The minimum absolute atomic E-state index is 1.32. The SMILES string of the molecule is CC#CC1C(F)C(F)C(F)C(C#C[SiH](C)C)C1F. The second-order valence-electron chi connectivity index (χ2n) is 4.67. The molecule has 5 heteroatoms. The maximum absolute atomic E-state index is 14.0. The monoisotopic (exact) mass is 276 g/mol. The summed E-state index contributed by atoms with van der Waals surface area (Å²) < 4.78 is 54.6. The molecule has 0 aromatic heterocycles. The van der Waals surface area contributed by atoms with Crippen LogP contribution in [0.25, 0.3) is 0 Å². The van der Waals surface area contributed by atoms with Gasteiger partial charge in [0.15, 0.2) is 18.5 Å². The molecule has 0 N–H and O–H groups in total. The van der Waals surface area contributed by atoms with Gasteiger partial charge in [-0.1, -0.05) is 19.0 Å². The Morgan fingerprint density at radius 2 is 1.28 bits per heavy atom. The Hall–Kier alpha value is -0.943. The molecular weight excluding hydrogens is 260 g/mol. The van der Waals surface area contributed by atoms with Crippen molar-refractivity contribution in [3.8, 4) is 23.3 Å². The van der Waals surface area contributed by atoms with Crippen molar-refractivity contribution in [2.24, 2.45) is 11.8 Å². The zero-order chi connectivity index (χ0) is 13.9. The largest absolute Gasteiger partial charge is 0.245 e. The van der Waals surface area contributed by atoms with Crippen molar-refractivity contribution in [3.63, 3.8) is 0 Å². The molecule has 0 nitrogen and oxygen atoms in total. The number of hydrogen-bond donors (Lipinski definition) is 0. The lowest BCUT2D eigenvalue weighted by atomic mass is 9.77. The van der Waals surface area contributed by atoms with E-state index in [1.54, 1.807) is 0 Å². The fourth-order valence-electron chi connectivity index (χ4n) is 1.89. The van der Waals surface area contributed by atoms with E-state index in [9.17, 15) is 17.6 Å². The van der Waals surface area contributed by atoms with Gasteiger partial charge in [-0.3, -0.25) is 0 Å². The normalized spacial score (nSPS) is 39.6. The summed E-state index contributed by atoms with van der Waals surface area (Å²) in [7, 11) is -1.32. The van der Waals surface area contributed by atoms with Crippen molar-refractivity contribution in [2.75, 3.05) is 0 Å². The number of hydrogen-bond acceptors (Lipinski definition) is 0. The number of halogens is 4. The molecule has 100 valence electrons. The lowest BCUT2D eigenvalue weighted by Gasteiger charge is -2.35. The molecule has 0 saturated heterocycles. The molecule has 0 aromatic rings. The van der Waals surface area contributed by atoms with Crippen LogP contribution >= 0.6 is 0 Å². The maximum atomic E-state index is 14.0. The van der Waals surface area contributed by atoms with Crippen LogP contribution < -0.4 is 0 Å². The Labute approximate surface area is 107 Å². The van der Waals surface area contributed by atoms with Crippen molar-refractivity contribution >= 4 is 8.80 Å². The fourth-order valence-corrected chi connectivity index (χ4v) is 2.42. The number of rotatable bonds is 0. The maximum Gasteiger partial charge on any atom is 0.165 e. The first-order valence-electron chi connectivity index (χ1n) is 5.89. The fraction of sp³-hybridized carbons (Fsp3) is 0.692. The summed E-state index contributed by atoms with van der Waals surface area (Å²) in [6, 6.07) is 0. The van der Waals surface area contributed by atoms with Crippen LogP contribution in [0, 0.1) is 35.1 Å². The second-order valence-corrected chi connectivity index (χ2v) is 7.27. The second kappa shape index (κ2) is 6.29. The highest BCUT2D eigenvalue weighted by molar-refractivity contribution is 6.64.